The zero-order chi connectivity index (χ0) is 26.8. The van der Waals surface area contributed by atoms with E-state index in [9.17, 15) is 23.1 Å². The van der Waals surface area contributed by atoms with Gasteiger partial charge in [-0.15, -0.1) is 0 Å². The van der Waals surface area contributed by atoms with Crippen LogP contribution in [0.5, 0.6) is 5.75 Å². The van der Waals surface area contributed by atoms with Crippen molar-refractivity contribution in [2.24, 2.45) is 0 Å². The van der Waals surface area contributed by atoms with Crippen molar-refractivity contribution in [1.29, 1.82) is 5.41 Å². The molecule has 1 unspecified atom stereocenters. The number of hydrogen-bond donors (Lipinski definition) is 4. The predicted octanol–water partition coefficient (Wildman–Crippen LogP) is 2.05. The minimum absolute atomic E-state index is 0.0119. The van der Waals surface area contributed by atoms with Crippen LogP contribution in [0.1, 0.15) is 67.2 Å². The molecule has 0 bridgehead atoms. The number of ether oxygens (including phenoxy) is 1. The summed E-state index contributed by atoms with van der Waals surface area (Å²) >= 11 is 0. The highest BCUT2D eigenvalue weighted by Crippen LogP contribution is 2.40. The van der Waals surface area contributed by atoms with Gasteiger partial charge in [0.25, 0.3) is 5.91 Å². The molecule has 10 nitrogen and oxygen atoms in total. The Labute approximate surface area is 215 Å². The standard InChI is InChI=1S/C26H30N4O6S/c1-25(2)13-21(31)30(24(27)29-25)18-10-11-37(34,35)20-9-8-15(12-17(18)20)23(32)28-22-16-6-4-5-7-19(16)36-14-26(22,3)33/h4-9,12,18,22,33H,10-11,13-14H2,1-3H3,(H2,27,29)(H,28,32)/t18?,22-,26-/m1/s1. The van der Waals surface area contributed by atoms with Crippen molar-refractivity contribution in [1.82, 2.24) is 15.5 Å². The average molecular weight is 527 g/mol. The van der Waals surface area contributed by atoms with E-state index in [0.717, 1.165) is 0 Å². The second-order valence-electron chi connectivity index (χ2n) is 10.8. The van der Waals surface area contributed by atoms with Gasteiger partial charge < -0.3 is 20.5 Å². The van der Waals surface area contributed by atoms with E-state index in [1.807, 2.05) is 13.8 Å². The van der Waals surface area contributed by atoms with E-state index in [1.165, 1.54) is 23.1 Å². The molecule has 3 atom stereocenters. The molecule has 2 amide bonds. The SMILES string of the molecule is CC1(C)CC(=O)N(C2CCS(=O)(=O)c3ccc(C(=O)N[C@@H]4c5ccccc5OC[C@@]4(C)O)cc32)C(=N)N1. The lowest BCUT2D eigenvalue weighted by atomic mass is 9.87. The third kappa shape index (κ3) is 4.46. The van der Waals surface area contributed by atoms with E-state index in [1.54, 1.807) is 31.2 Å². The van der Waals surface area contributed by atoms with Gasteiger partial charge in [-0.05, 0) is 57.0 Å². The minimum Gasteiger partial charge on any atom is -0.490 e. The second kappa shape index (κ2) is 8.56. The first kappa shape index (κ1) is 25.2. The maximum atomic E-state index is 13.4. The molecule has 2 aromatic rings. The van der Waals surface area contributed by atoms with Crippen LogP contribution in [0.25, 0.3) is 0 Å². The molecule has 0 saturated carbocycles. The number of fused-ring (bicyclic) bond motifs is 2. The van der Waals surface area contributed by atoms with Gasteiger partial charge in [-0.3, -0.25) is 19.9 Å². The van der Waals surface area contributed by atoms with E-state index in [2.05, 4.69) is 10.6 Å². The Morgan fingerprint density at radius 3 is 2.65 bits per heavy atom. The van der Waals surface area contributed by atoms with Crippen molar-refractivity contribution in [2.45, 2.75) is 61.7 Å². The number of benzene rings is 2. The summed E-state index contributed by atoms with van der Waals surface area (Å²) in [5.74, 6) is -0.493. The van der Waals surface area contributed by atoms with Crippen molar-refractivity contribution in [3.8, 4) is 5.75 Å². The summed E-state index contributed by atoms with van der Waals surface area (Å²) in [4.78, 5) is 27.8. The fourth-order valence-corrected chi connectivity index (χ4v) is 6.90. The van der Waals surface area contributed by atoms with Crippen LogP contribution in [0.15, 0.2) is 47.4 Å². The number of rotatable bonds is 3. The number of nitrogens with zero attached hydrogens (tertiary/aromatic N) is 1. The number of sulfone groups is 1. The molecule has 196 valence electrons. The Kier molecular flexibility index (Phi) is 5.83. The van der Waals surface area contributed by atoms with Crippen LogP contribution in [-0.2, 0) is 14.6 Å². The Balaban J connectivity index is 1.50. The molecule has 0 aliphatic carbocycles. The van der Waals surface area contributed by atoms with Gasteiger partial charge in [0, 0.05) is 23.1 Å². The van der Waals surface area contributed by atoms with E-state index >= 15 is 0 Å². The van der Waals surface area contributed by atoms with Crippen LogP contribution < -0.4 is 15.4 Å². The predicted molar refractivity (Wildman–Crippen MR) is 135 cm³/mol. The summed E-state index contributed by atoms with van der Waals surface area (Å²) in [6.45, 7) is 5.21. The largest absolute Gasteiger partial charge is 0.490 e. The van der Waals surface area contributed by atoms with Crippen molar-refractivity contribution >= 4 is 27.6 Å². The van der Waals surface area contributed by atoms with Crippen molar-refractivity contribution in [3.63, 3.8) is 0 Å². The quantitative estimate of drug-likeness (QED) is 0.478. The van der Waals surface area contributed by atoms with Gasteiger partial charge in [0.1, 0.15) is 18.0 Å². The van der Waals surface area contributed by atoms with Crippen LogP contribution in [0, 0.1) is 5.41 Å². The molecule has 1 saturated heterocycles. The number of carbonyl (C=O) groups is 2. The van der Waals surface area contributed by atoms with Crippen molar-refractivity contribution in [3.05, 3.63) is 59.2 Å². The normalized spacial score (nSPS) is 27.8. The number of amides is 2. The zero-order valence-electron chi connectivity index (χ0n) is 20.9. The van der Waals surface area contributed by atoms with Crippen LogP contribution in [0.3, 0.4) is 0 Å². The molecule has 0 spiro atoms. The zero-order valence-corrected chi connectivity index (χ0v) is 21.7. The highest BCUT2D eigenvalue weighted by atomic mass is 32.2. The number of aliphatic hydroxyl groups is 1. The molecule has 37 heavy (non-hydrogen) atoms. The third-order valence-corrected chi connectivity index (χ3v) is 8.96. The molecule has 5 rings (SSSR count). The number of guanidine groups is 1. The lowest BCUT2D eigenvalue weighted by molar-refractivity contribution is -0.132. The fourth-order valence-electron chi connectivity index (χ4n) is 5.32. The van der Waals surface area contributed by atoms with Crippen LogP contribution in [0.2, 0.25) is 0 Å². The highest BCUT2D eigenvalue weighted by Gasteiger charge is 2.44. The van der Waals surface area contributed by atoms with E-state index < -0.39 is 39.0 Å². The first-order chi connectivity index (χ1) is 17.3. The van der Waals surface area contributed by atoms with E-state index in [0.29, 0.717) is 16.9 Å². The van der Waals surface area contributed by atoms with Gasteiger partial charge in [-0.1, -0.05) is 18.2 Å². The molecule has 3 heterocycles. The Bertz CT molecular complexity index is 1400. The molecule has 3 aliphatic rings. The van der Waals surface area contributed by atoms with Crippen molar-refractivity contribution < 1.29 is 27.9 Å². The monoisotopic (exact) mass is 526 g/mol. The molecular weight excluding hydrogens is 496 g/mol. The maximum absolute atomic E-state index is 13.4. The highest BCUT2D eigenvalue weighted by molar-refractivity contribution is 7.91. The smallest absolute Gasteiger partial charge is 0.251 e. The van der Waals surface area contributed by atoms with E-state index in [4.69, 9.17) is 10.1 Å². The Morgan fingerprint density at radius 1 is 1.19 bits per heavy atom. The lowest BCUT2D eigenvalue weighted by Gasteiger charge is -2.43. The fraction of sp³-hybridized carbons (Fsp3) is 0.423. The summed E-state index contributed by atoms with van der Waals surface area (Å²) in [5.41, 5.74) is -0.848. The molecular formula is C26H30N4O6S. The van der Waals surface area contributed by atoms with E-state index in [-0.39, 0.29) is 47.5 Å². The van der Waals surface area contributed by atoms with Gasteiger partial charge in [-0.25, -0.2) is 8.42 Å². The van der Waals surface area contributed by atoms with Gasteiger partial charge in [0.2, 0.25) is 5.91 Å². The molecule has 0 aromatic heterocycles. The summed E-state index contributed by atoms with van der Waals surface area (Å²) in [5, 5.41) is 25.3. The summed E-state index contributed by atoms with van der Waals surface area (Å²) in [6.07, 6.45) is 0.255. The molecule has 4 N–H and O–H groups in total. The number of hydrogen-bond acceptors (Lipinski definition) is 7. The molecule has 1 fully saturated rings. The third-order valence-electron chi connectivity index (χ3n) is 7.14. The van der Waals surface area contributed by atoms with Crippen LogP contribution in [0.4, 0.5) is 0 Å². The first-order valence-corrected chi connectivity index (χ1v) is 13.7. The molecule has 2 aromatic carbocycles. The first-order valence-electron chi connectivity index (χ1n) is 12.1. The topological polar surface area (TPSA) is 149 Å². The number of para-hydroxylation sites is 1. The van der Waals surface area contributed by atoms with Crippen molar-refractivity contribution in [2.75, 3.05) is 12.4 Å². The lowest BCUT2D eigenvalue weighted by Crippen LogP contribution is -2.60. The minimum atomic E-state index is -3.62. The van der Waals surface area contributed by atoms with Crippen LogP contribution >= 0.6 is 0 Å². The number of nitrogens with one attached hydrogen (secondary N) is 3. The maximum Gasteiger partial charge on any atom is 0.251 e. The van der Waals surface area contributed by atoms with Gasteiger partial charge in [0.15, 0.2) is 15.8 Å². The molecule has 11 heteroatoms. The second-order valence-corrected chi connectivity index (χ2v) is 12.8. The number of carbonyl (C=O) groups excluding carboxylic acids is 2. The summed E-state index contributed by atoms with van der Waals surface area (Å²) < 4.78 is 31.4. The van der Waals surface area contributed by atoms with Gasteiger partial charge in [0.05, 0.1) is 22.7 Å². The summed E-state index contributed by atoms with van der Waals surface area (Å²) in [6, 6.07) is 9.95. The van der Waals surface area contributed by atoms with Gasteiger partial charge >= 0.3 is 0 Å². The average Bonchev–Trinajstić information content (AvgIpc) is 2.81. The summed E-state index contributed by atoms with van der Waals surface area (Å²) in [7, 11) is -3.62. The molecule has 3 aliphatic heterocycles. The Morgan fingerprint density at radius 2 is 1.92 bits per heavy atom. The Hall–Kier alpha value is -3.44. The van der Waals surface area contributed by atoms with Crippen LogP contribution in [-0.4, -0.2) is 59.7 Å². The molecule has 0 radical (unpaired) electrons. The van der Waals surface area contributed by atoms with Gasteiger partial charge in [-0.2, -0.15) is 0 Å².